The molecule has 0 aliphatic heterocycles. The van der Waals surface area contributed by atoms with Crippen LogP contribution >= 0.6 is 11.6 Å². The number of sulfone groups is 1. The van der Waals surface area contributed by atoms with E-state index in [1.807, 2.05) is 0 Å². The van der Waals surface area contributed by atoms with Gasteiger partial charge in [0.2, 0.25) is 5.82 Å². The molecule has 33 heavy (non-hydrogen) atoms. The number of aldehydes is 1. The van der Waals surface area contributed by atoms with Crippen molar-refractivity contribution < 1.29 is 30.9 Å². The summed E-state index contributed by atoms with van der Waals surface area (Å²) < 4.78 is 68.9. The first-order valence-corrected chi connectivity index (χ1v) is 11.2. The van der Waals surface area contributed by atoms with E-state index in [2.05, 4.69) is 15.1 Å². The minimum Gasteiger partial charge on any atom is -0.395 e. The second-order valence-corrected chi connectivity index (χ2v) is 8.98. The first kappa shape index (κ1) is 24.1. The first-order valence-electron chi connectivity index (χ1n) is 8.92. The van der Waals surface area contributed by atoms with Crippen LogP contribution in [-0.4, -0.2) is 36.8 Å². The molecule has 1 aromatic heterocycles. The van der Waals surface area contributed by atoms with E-state index >= 15 is 0 Å². The largest absolute Gasteiger partial charge is 0.418 e. The minimum absolute atomic E-state index is 0.0177. The Morgan fingerprint density at radius 1 is 1.18 bits per heavy atom. The number of carbonyl (C=O) groups is 1. The van der Waals surface area contributed by atoms with Gasteiger partial charge in [0.1, 0.15) is 5.71 Å². The fourth-order valence-electron chi connectivity index (χ4n) is 2.61. The number of hydrogen-bond acceptors (Lipinski definition) is 8. The van der Waals surface area contributed by atoms with Crippen LogP contribution in [0.5, 0.6) is 0 Å². The topological polar surface area (TPSA) is 129 Å². The zero-order chi connectivity index (χ0) is 24.4. The summed E-state index contributed by atoms with van der Waals surface area (Å²) in [6, 6.07) is 9.97. The maximum Gasteiger partial charge on any atom is 0.418 e. The molecular formula is C20H14ClF3N4O4S. The van der Waals surface area contributed by atoms with E-state index in [4.69, 9.17) is 21.9 Å². The third kappa shape index (κ3) is 5.46. The quantitative estimate of drug-likeness (QED) is 0.310. The van der Waals surface area contributed by atoms with E-state index in [0.29, 0.717) is 0 Å². The molecule has 3 aromatic rings. The molecule has 0 amide bonds. The normalized spacial score (nSPS) is 13.5. The van der Waals surface area contributed by atoms with Crippen LogP contribution in [0.25, 0.3) is 11.5 Å². The van der Waals surface area contributed by atoms with Crippen LogP contribution < -0.4 is 5.73 Å². The third-order valence-electron chi connectivity index (χ3n) is 4.18. The standard InChI is InChI=1S/C20H14ClF3N4O4S/c1-33(30,31)12-6-4-5-11(9-12)19-27-18(28-32-19)17(16(21)14(25)10-29)26-15-8-3-2-7-13(15)20(22,23)24/h2-10H,25H2,1H3/b16-14+,26-17?. The predicted molar refractivity (Wildman–Crippen MR) is 114 cm³/mol. The number of aliphatic imine (C=N–C) groups is 1. The summed E-state index contributed by atoms with van der Waals surface area (Å²) in [5.41, 5.74) is 3.19. The zero-order valence-electron chi connectivity index (χ0n) is 16.7. The molecule has 0 bridgehead atoms. The van der Waals surface area contributed by atoms with E-state index in [0.717, 1.165) is 18.4 Å². The molecule has 0 unspecified atom stereocenters. The van der Waals surface area contributed by atoms with Crippen LogP contribution in [0.4, 0.5) is 18.9 Å². The Bertz CT molecular complexity index is 1380. The number of rotatable bonds is 6. The van der Waals surface area contributed by atoms with Crippen LogP contribution in [-0.2, 0) is 20.8 Å². The van der Waals surface area contributed by atoms with Gasteiger partial charge in [-0.25, -0.2) is 13.4 Å². The van der Waals surface area contributed by atoms with Crippen molar-refractivity contribution >= 4 is 39.1 Å². The highest BCUT2D eigenvalue weighted by Gasteiger charge is 2.33. The molecule has 0 aliphatic rings. The summed E-state index contributed by atoms with van der Waals surface area (Å²) >= 11 is 6.10. The Morgan fingerprint density at radius 3 is 2.52 bits per heavy atom. The third-order valence-corrected chi connectivity index (χ3v) is 5.68. The molecule has 3 rings (SSSR count). The van der Waals surface area contributed by atoms with Gasteiger partial charge in [0.05, 0.1) is 26.9 Å². The van der Waals surface area contributed by atoms with Crippen molar-refractivity contribution in [3.8, 4) is 11.5 Å². The number of hydrogen-bond donors (Lipinski definition) is 1. The maximum atomic E-state index is 13.4. The SMILES string of the molecule is CS(=O)(=O)c1cccc(-c2nc(C(=Nc3ccccc3C(F)(F)F)/C(Cl)=C(\N)C=O)no2)c1. The molecule has 0 atom stereocenters. The Hall–Kier alpha value is -3.51. The highest BCUT2D eigenvalue weighted by atomic mass is 35.5. The molecule has 0 spiro atoms. The molecular weight excluding hydrogens is 485 g/mol. The monoisotopic (exact) mass is 498 g/mol. The van der Waals surface area contributed by atoms with Crippen LogP contribution in [0, 0.1) is 0 Å². The van der Waals surface area contributed by atoms with Gasteiger partial charge < -0.3 is 10.3 Å². The van der Waals surface area contributed by atoms with Gasteiger partial charge in [-0.2, -0.15) is 18.2 Å². The van der Waals surface area contributed by atoms with Crippen molar-refractivity contribution in [3.05, 3.63) is 70.6 Å². The van der Waals surface area contributed by atoms with Gasteiger partial charge in [-0.05, 0) is 30.3 Å². The molecule has 0 aliphatic carbocycles. The first-order chi connectivity index (χ1) is 15.4. The lowest BCUT2D eigenvalue weighted by Crippen LogP contribution is -2.12. The Labute approximate surface area is 190 Å². The van der Waals surface area contributed by atoms with Gasteiger partial charge in [-0.15, -0.1) is 0 Å². The molecule has 0 radical (unpaired) electrons. The highest BCUT2D eigenvalue weighted by molar-refractivity contribution is 7.90. The lowest BCUT2D eigenvalue weighted by atomic mass is 10.1. The van der Waals surface area contributed by atoms with Crippen LogP contribution in [0.2, 0.25) is 0 Å². The fourth-order valence-corrected chi connectivity index (χ4v) is 3.45. The van der Waals surface area contributed by atoms with Crippen LogP contribution in [0.1, 0.15) is 11.4 Å². The second kappa shape index (κ2) is 9.16. The fraction of sp³-hybridized carbons (Fsp3) is 0.100. The summed E-state index contributed by atoms with van der Waals surface area (Å²) in [7, 11) is -3.53. The van der Waals surface area contributed by atoms with E-state index in [1.165, 1.54) is 36.4 Å². The Balaban J connectivity index is 2.18. The number of para-hydroxylation sites is 1. The summed E-state index contributed by atoms with van der Waals surface area (Å²) in [6.07, 6.45) is -3.53. The number of carbonyl (C=O) groups excluding carboxylic acids is 1. The number of alkyl halides is 3. The van der Waals surface area contributed by atoms with Crippen LogP contribution in [0.3, 0.4) is 0 Å². The maximum absolute atomic E-state index is 13.4. The average Bonchev–Trinajstić information content (AvgIpc) is 3.25. The van der Waals surface area contributed by atoms with Crippen molar-refractivity contribution in [3.63, 3.8) is 0 Å². The number of nitrogens with zero attached hydrogens (tertiary/aromatic N) is 3. The second-order valence-electron chi connectivity index (χ2n) is 6.59. The molecule has 13 heteroatoms. The van der Waals surface area contributed by atoms with Gasteiger partial charge in [0, 0.05) is 11.8 Å². The van der Waals surface area contributed by atoms with Crippen LogP contribution in [0.15, 0.2) is 73.7 Å². The lowest BCUT2D eigenvalue weighted by Gasteiger charge is -2.10. The summed E-state index contributed by atoms with van der Waals surface area (Å²) in [5.74, 6) is -0.539. The van der Waals surface area contributed by atoms with Crippen molar-refractivity contribution in [2.24, 2.45) is 10.7 Å². The number of benzene rings is 2. The molecule has 0 fully saturated rings. The molecule has 1 heterocycles. The number of nitrogens with two attached hydrogens (primary N) is 1. The molecule has 0 saturated heterocycles. The van der Waals surface area contributed by atoms with E-state index in [-0.39, 0.29) is 28.5 Å². The molecule has 8 nitrogen and oxygen atoms in total. The van der Waals surface area contributed by atoms with Crippen molar-refractivity contribution in [2.75, 3.05) is 6.26 Å². The Morgan fingerprint density at radius 2 is 1.88 bits per heavy atom. The van der Waals surface area contributed by atoms with Gasteiger partial charge >= 0.3 is 6.18 Å². The molecule has 172 valence electrons. The highest BCUT2D eigenvalue weighted by Crippen LogP contribution is 2.37. The van der Waals surface area contributed by atoms with Crippen molar-refractivity contribution in [2.45, 2.75) is 11.1 Å². The lowest BCUT2D eigenvalue weighted by molar-refractivity contribution is -0.137. The zero-order valence-corrected chi connectivity index (χ0v) is 18.2. The van der Waals surface area contributed by atoms with Gasteiger partial charge in [0.25, 0.3) is 5.89 Å². The Kier molecular flexibility index (Phi) is 6.70. The summed E-state index contributed by atoms with van der Waals surface area (Å²) in [5, 5.41) is 3.17. The smallest absolute Gasteiger partial charge is 0.395 e. The van der Waals surface area contributed by atoms with Gasteiger partial charge in [0.15, 0.2) is 16.1 Å². The summed E-state index contributed by atoms with van der Waals surface area (Å²) in [6.45, 7) is 0. The average molecular weight is 499 g/mol. The van der Waals surface area contributed by atoms with Gasteiger partial charge in [-0.1, -0.05) is 35.0 Å². The number of halogens is 4. The molecule has 0 saturated carbocycles. The number of aromatic nitrogens is 2. The number of allylic oxidation sites excluding steroid dienone is 2. The van der Waals surface area contributed by atoms with E-state index < -0.39 is 43.7 Å². The van der Waals surface area contributed by atoms with E-state index in [9.17, 15) is 26.4 Å². The van der Waals surface area contributed by atoms with Gasteiger partial charge in [-0.3, -0.25) is 4.79 Å². The van der Waals surface area contributed by atoms with Crippen molar-refractivity contribution in [1.29, 1.82) is 0 Å². The molecule has 2 aromatic carbocycles. The predicted octanol–water partition coefficient (Wildman–Crippen LogP) is 3.89. The van der Waals surface area contributed by atoms with Crippen molar-refractivity contribution in [1.82, 2.24) is 10.1 Å². The minimum atomic E-state index is -4.73. The van der Waals surface area contributed by atoms with E-state index in [1.54, 1.807) is 0 Å². The summed E-state index contributed by atoms with van der Waals surface area (Å²) in [4.78, 5) is 19.0. The molecule has 2 N–H and O–H groups in total.